The fourth-order valence-corrected chi connectivity index (χ4v) is 0.862. The van der Waals surface area contributed by atoms with Crippen molar-refractivity contribution in [3.63, 3.8) is 0 Å². The molecular weight excluding hydrogens is 152 g/mol. The van der Waals surface area contributed by atoms with Crippen molar-refractivity contribution in [2.24, 2.45) is 0 Å². The van der Waals surface area contributed by atoms with Gasteiger partial charge in [0.15, 0.2) is 0 Å². The zero-order valence-corrected chi connectivity index (χ0v) is 7.41. The van der Waals surface area contributed by atoms with E-state index in [9.17, 15) is 0 Å². The highest BCUT2D eigenvalue weighted by molar-refractivity contribution is 5.75. The molecule has 1 aromatic carbocycles. The number of ether oxygens (including phenoxy) is 1. The molecule has 0 atom stereocenters. The SMILES string of the molecule is CC[O+]=Cc1ccc(OC)cc1. The number of hydrogen-bond donors (Lipinski definition) is 0. The Kier molecular flexibility index (Phi) is 3.33. The smallest absolute Gasteiger partial charge is 0.315 e. The van der Waals surface area contributed by atoms with Gasteiger partial charge in [-0.15, -0.1) is 0 Å². The van der Waals surface area contributed by atoms with Crippen molar-refractivity contribution in [1.82, 2.24) is 0 Å². The molecule has 0 aliphatic carbocycles. The molecule has 0 spiro atoms. The van der Waals surface area contributed by atoms with Crippen molar-refractivity contribution in [1.29, 1.82) is 0 Å². The first-order valence-electron chi connectivity index (χ1n) is 3.95. The number of rotatable bonds is 3. The predicted molar refractivity (Wildman–Crippen MR) is 48.9 cm³/mol. The number of aldehydes is 1. The van der Waals surface area contributed by atoms with Gasteiger partial charge in [-0.25, -0.2) is 0 Å². The van der Waals surface area contributed by atoms with Gasteiger partial charge < -0.3 is 4.74 Å². The zero-order valence-electron chi connectivity index (χ0n) is 7.41. The van der Waals surface area contributed by atoms with Gasteiger partial charge in [0.05, 0.1) is 12.7 Å². The summed E-state index contributed by atoms with van der Waals surface area (Å²) in [7, 11) is 1.65. The molecule has 0 aromatic heterocycles. The van der Waals surface area contributed by atoms with Crippen molar-refractivity contribution >= 4 is 6.29 Å². The lowest BCUT2D eigenvalue weighted by Crippen LogP contribution is -1.85. The minimum Gasteiger partial charge on any atom is -0.497 e. The van der Waals surface area contributed by atoms with Crippen molar-refractivity contribution in [3.8, 4) is 5.75 Å². The van der Waals surface area contributed by atoms with Crippen LogP contribution in [0.1, 0.15) is 16.9 Å². The Morgan fingerprint density at radius 2 is 2.00 bits per heavy atom. The van der Waals surface area contributed by atoms with Crippen molar-refractivity contribution < 1.29 is 9.16 Å². The summed E-state index contributed by atoms with van der Waals surface area (Å²) >= 11 is 0. The largest absolute Gasteiger partial charge is 0.497 e. The van der Waals surface area contributed by atoms with Crippen LogP contribution in [0.2, 0.25) is 0 Å². The summed E-state index contributed by atoms with van der Waals surface area (Å²) in [6, 6.07) is 7.72. The summed E-state index contributed by atoms with van der Waals surface area (Å²) in [6.07, 6.45) is 1.74. The van der Waals surface area contributed by atoms with Crippen LogP contribution in [0.4, 0.5) is 0 Å². The quantitative estimate of drug-likeness (QED) is 0.496. The minimum absolute atomic E-state index is 0.700. The molecule has 0 N–H and O–H groups in total. The fraction of sp³-hybridized carbons (Fsp3) is 0.300. The van der Waals surface area contributed by atoms with Crippen LogP contribution in [0, 0.1) is 0 Å². The van der Waals surface area contributed by atoms with Crippen LogP contribution in [-0.2, 0) is 0 Å². The number of benzene rings is 1. The molecule has 12 heavy (non-hydrogen) atoms. The molecule has 1 rings (SSSR count). The van der Waals surface area contributed by atoms with Gasteiger partial charge in [0.1, 0.15) is 5.75 Å². The third-order valence-corrected chi connectivity index (χ3v) is 1.50. The Balaban J connectivity index is 2.71. The molecule has 1 aromatic rings. The first-order chi connectivity index (χ1) is 5.86. The highest BCUT2D eigenvalue weighted by atomic mass is 16.5. The third-order valence-electron chi connectivity index (χ3n) is 1.50. The van der Waals surface area contributed by atoms with E-state index in [4.69, 9.17) is 9.16 Å². The first-order valence-corrected chi connectivity index (χ1v) is 3.95. The van der Waals surface area contributed by atoms with Crippen LogP contribution in [0.25, 0.3) is 0 Å². The standard InChI is InChI=1S/C10H13O2/c1-3-12-8-9-4-6-10(11-2)7-5-9/h4-8H,3H2,1-2H3/q+1. The Labute approximate surface area is 72.5 Å². The lowest BCUT2D eigenvalue weighted by atomic mass is 10.2. The van der Waals surface area contributed by atoms with E-state index < -0.39 is 0 Å². The zero-order chi connectivity index (χ0) is 8.81. The summed E-state index contributed by atoms with van der Waals surface area (Å²) < 4.78 is 10.1. The number of methoxy groups -OCH3 is 1. The van der Waals surface area contributed by atoms with E-state index in [1.807, 2.05) is 31.2 Å². The lowest BCUT2D eigenvalue weighted by molar-refractivity contribution is -0.257. The summed E-state index contributed by atoms with van der Waals surface area (Å²) in [5, 5.41) is 0. The topological polar surface area (TPSA) is 20.5 Å². The highest BCUT2D eigenvalue weighted by Gasteiger charge is 1.94. The summed E-state index contributed by atoms with van der Waals surface area (Å²) in [6.45, 7) is 2.66. The summed E-state index contributed by atoms with van der Waals surface area (Å²) in [4.78, 5) is 0. The Hall–Kier alpha value is -1.31. The van der Waals surface area contributed by atoms with Crippen LogP contribution in [-0.4, -0.2) is 20.0 Å². The molecule has 0 bridgehead atoms. The van der Waals surface area contributed by atoms with Crippen LogP contribution < -0.4 is 4.74 Å². The Morgan fingerprint density at radius 3 is 2.50 bits per heavy atom. The highest BCUT2D eigenvalue weighted by Crippen LogP contribution is 2.09. The molecule has 0 fully saturated rings. The molecule has 0 amide bonds. The molecule has 0 unspecified atom stereocenters. The van der Waals surface area contributed by atoms with Crippen LogP contribution in [0.3, 0.4) is 0 Å². The third kappa shape index (κ3) is 2.38. The van der Waals surface area contributed by atoms with Crippen LogP contribution >= 0.6 is 0 Å². The van der Waals surface area contributed by atoms with Gasteiger partial charge in [-0.1, -0.05) is 0 Å². The molecule has 0 saturated heterocycles. The second kappa shape index (κ2) is 4.54. The van der Waals surface area contributed by atoms with Crippen LogP contribution in [0.15, 0.2) is 24.3 Å². The fourth-order valence-electron chi connectivity index (χ4n) is 0.862. The van der Waals surface area contributed by atoms with Gasteiger partial charge in [0.2, 0.25) is 0 Å². The molecule has 0 heterocycles. The first kappa shape index (κ1) is 8.78. The monoisotopic (exact) mass is 165 g/mol. The van der Waals surface area contributed by atoms with E-state index in [1.54, 1.807) is 13.4 Å². The van der Waals surface area contributed by atoms with E-state index in [-0.39, 0.29) is 0 Å². The second-order valence-corrected chi connectivity index (χ2v) is 2.35. The number of hydrogen-bond acceptors (Lipinski definition) is 1. The normalized spacial score (nSPS) is 10.5. The van der Waals surface area contributed by atoms with Crippen molar-refractivity contribution in [3.05, 3.63) is 29.8 Å². The maximum Gasteiger partial charge on any atom is 0.315 e. The van der Waals surface area contributed by atoms with Crippen molar-refractivity contribution in [2.45, 2.75) is 6.92 Å². The lowest BCUT2D eigenvalue weighted by Gasteiger charge is -1.96. The molecule has 0 radical (unpaired) electrons. The Bertz CT molecular complexity index is 249. The molecular formula is C10H13O2+. The maximum atomic E-state index is 5.13. The van der Waals surface area contributed by atoms with Gasteiger partial charge in [0, 0.05) is 6.92 Å². The molecule has 0 aliphatic heterocycles. The minimum atomic E-state index is 0.700. The van der Waals surface area contributed by atoms with Gasteiger partial charge in [-0.3, -0.25) is 4.42 Å². The van der Waals surface area contributed by atoms with Crippen molar-refractivity contribution in [2.75, 3.05) is 13.7 Å². The summed E-state index contributed by atoms with van der Waals surface area (Å²) in [5.74, 6) is 0.864. The maximum absolute atomic E-state index is 5.13. The predicted octanol–water partition coefficient (Wildman–Crippen LogP) is 2.06. The molecule has 64 valence electrons. The second-order valence-electron chi connectivity index (χ2n) is 2.35. The van der Waals surface area contributed by atoms with Gasteiger partial charge in [-0.05, 0) is 24.3 Å². The average Bonchev–Trinajstić information content (AvgIpc) is 2.15. The van der Waals surface area contributed by atoms with E-state index in [0.29, 0.717) is 6.61 Å². The van der Waals surface area contributed by atoms with E-state index in [1.165, 1.54) is 0 Å². The molecule has 2 nitrogen and oxygen atoms in total. The van der Waals surface area contributed by atoms with Gasteiger partial charge in [-0.2, -0.15) is 0 Å². The average molecular weight is 165 g/mol. The summed E-state index contributed by atoms with van der Waals surface area (Å²) in [5.41, 5.74) is 1.05. The molecule has 0 saturated carbocycles. The molecule has 2 heteroatoms. The van der Waals surface area contributed by atoms with E-state index >= 15 is 0 Å². The number of carbonyl (C=O) groups excluding carboxylic acids is 1. The molecule has 0 aliphatic rings. The van der Waals surface area contributed by atoms with E-state index in [2.05, 4.69) is 0 Å². The Morgan fingerprint density at radius 1 is 1.33 bits per heavy atom. The van der Waals surface area contributed by atoms with Gasteiger partial charge in [0.25, 0.3) is 6.61 Å². The van der Waals surface area contributed by atoms with E-state index in [0.717, 1.165) is 11.3 Å². The van der Waals surface area contributed by atoms with Gasteiger partial charge >= 0.3 is 6.29 Å². The van der Waals surface area contributed by atoms with Crippen LogP contribution in [0.5, 0.6) is 5.75 Å².